The number of ether oxygens (including phenoxy) is 1. The molecule has 0 radical (unpaired) electrons. The molecule has 0 aliphatic heterocycles. The maximum absolute atomic E-state index is 12.8. The third kappa shape index (κ3) is 3.88. The first-order valence-corrected chi connectivity index (χ1v) is 10.3. The second-order valence-electron chi connectivity index (χ2n) is 8.58. The van der Waals surface area contributed by atoms with Gasteiger partial charge >= 0.3 is 5.97 Å². The highest BCUT2D eigenvalue weighted by molar-refractivity contribution is 5.88. The van der Waals surface area contributed by atoms with Crippen LogP contribution in [-0.2, 0) is 19.1 Å². The fourth-order valence-electron chi connectivity index (χ4n) is 5.14. The number of nitriles is 1. The van der Waals surface area contributed by atoms with Gasteiger partial charge in [0.15, 0.2) is 6.10 Å². The van der Waals surface area contributed by atoms with Gasteiger partial charge in [-0.25, -0.2) is 0 Å². The molecule has 3 rings (SSSR count). The van der Waals surface area contributed by atoms with Crippen molar-refractivity contribution in [1.82, 2.24) is 4.90 Å². The van der Waals surface area contributed by atoms with Crippen LogP contribution in [0.1, 0.15) is 71.1 Å². The molecule has 0 aromatic heterocycles. The van der Waals surface area contributed by atoms with Gasteiger partial charge in [0.05, 0.1) is 12.0 Å². The highest BCUT2D eigenvalue weighted by Crippen LogP contribution is 2.40. The van der Waals surface area contributed by atoms with Gasteiger partial charge in [0.1, 0.15) is 11.3 Å². The predicted molar refractivity (Wildman–Crippen MR) is 98.3 cm³/mol. The summed E-state index contributed by atoms with van der Waals surface area (Å²) in [5, 5.41) is 9.66. The van der Waals surface area contributed by atoms with Gasteiger partial charge in [-0.15, -0.1) is 0 Å². The van der Waals surface area contributed by atoms with Crippen molar-refractivity contribution in [1.29, 1.82) is 5.26 Å². The molecule has 1 amide bonds. The molecule has 6 heteroatoms. The van der Waals surface area contributed by atoms with Crippen molar-refractivity contribution in [3.05, 3.63) is 0 Å². The largest absolute Gasteiger partial charge is 0.452 e. The molecule has 0 aromatic carbocycles. The summed E-state index contributed by atoms with van der Waals surface area (Å²) in [4.78, 5) is 39.1. The van der Waals surface area contributed by atoms with Crippen LogP contribution in [0.3, 0.4) is 0 Å². The summed E-state index contributed by atoms with van der Waals surface area (Å²) in [7, 11) is 1.64. The molecule has 0 N–H and O–H groups in total. The first-order chi connectivity index (χ1) is 12.9. The zero-order chi connectivity index (χ0) is 19.6. The van der Waals surface area contributed by atoms with E-state index >= 15 is 0 Å². The van der Waals surface area contributed by atoms with Gasteiger partial charge in [-0.1, -0.05) is 25.7 Å². The topological polar surface area (TPSA) is 87.5 Å². The number of ketones is 1. The average molecular weight is 374 g/mol. The second-order valence-corrected chi connectivity index (χ2v) is 8.58. The third-order valence-corrected chi connectivity index (χ3v) is 6.88. The molecule has 3 saturated carbocycles. The maximum Gasteiger partial charge on any atom is 0.309 e. The highest BCUT2D eigenvalue weighted by Gasteiger charge is 2.44. The molecular weight excluding hydrogens is 344 g/mol. The van der Waals surface area contributed by atoms with Crippen molar-refractivity contribution in [3.63, 3.8) is 0 Å². The fraction of sp³-hybridized carbons (Fsp3) is 0.810. The molecular formula is C21H30N2O4. The number of rotatable bonds is 4. The summed E-state index contributed by atoms with van der Waals surface area (Å²) in [5.41, 5.74) is -0.787. The summed E-state index contributed by atoms with van der Waals surface area (Å²) in [6.07, 6.45) is 7.24. The van der Waals surface area contributed by atoms with Crippen molar-refractivity contribution in [3.8, 4) is 6.07 Å². The van der Waals surface area contributed by atoms with Crippen LogP contribution in [0.15, 0.2) is 0 Å². The van der Waals surface area contributed by atoms with Gasteiger partial charge in [0.25, 0.3) is 5.91 Å². The summed E-state index contributed by atoms with van der Waals surface area (Å²) < 4.78 is 5.50. The lowest BCUT2D eigenvalue weighted by molar-refractivity contribution is -0.166. The van der Waals surface area contributed by atoms with Crippen LogP contribution < -0.4 is 0 Å². The van der Waals surface area contributed by atoms with E-state index in [-0.39, 0.29) is 29.6 Å². The Hall–Kier alpha value is -1.90. The van der Waals surface area contributed by atoms with Crippen molar-refractivity contribution in [2.75, 3.05) is 7.05 Å². The first kappa shape index (κ1) is 19.9. The number of carbonyl (C=O) groups excluding carboxylic acids is 3. The maximum atomic E-state index is 12.8. The van der Waals surface area contributed by atoms with E-state index in [1.54, 1.807) is 14.0 Å². The molecule has 6 nitrogen and oxygen atoms in total. The molecule has 27 heavy (non-hydrogen) atoms. The molecule has 0 saturated heterocycles. The lowest BCUT2D eigenvalue weighted by Crippen LogP contribution is -2.53. The highest BCUT2D eigenvalue weighted by atomic mass is 16.5. The third-order valence-electron chi connectivity index (χ3n) is 6.88. The zero-order valence-corrected chi connectivity index (χ0v) is 16.4. The fourth-order valence-corrected chi connectivity index (χ4v) is 5.14. The summed E-state index contributed by atoms with van der Waals surface area (Å²) >= 11 is 0. The van der Waals surface area contributed by atoms with Crippen LogP contribution in [-0.4, -0.2) is 41.3 Å². The van der Waals surface area contributed by atoms with E-state index in [0.29, 0.717) is 31.5 Å². The molecule has 3 fully saturated rings. The number of likely N-dealkylation sites (N-methyl/N-ethyl adjacent to an activating group) is 1. The molecule has 2 bridgehead atoms. The van der Waals surface area contributed by atoms with Crippen molar-refractivity contribution >= 4 is 17.7 Å². The molecule has 0 spiro atoms. The van der Waals surface area contributed by atoms with Crippen LogP contribution in [0, 0.1) is 29.1 Å². The number of fused-ring (bicyclic) bond motifs is 2. The van der Waals surface area contributed by atoms with Crippen molar-refractivity contribution in [2.45, 2.75) is 82.8 Å². The monoisotopic (exact) mass is 374 g/mol. The number of esters is 1. The molecule has 1 unspecified atom stereocenters. The predicted octanol–water partition coefficient (Wildman–Crippen LogP) is 3.00. The number of hydrogen-bond acceptors (Lipinski definition) is 5. The van der Waals surface area contributed by atoms with Gasteiger partial charge in [-0.2, -0.15) is 5.26 Å². The van der Waals surface area contributed by atoms with Crippen LogP contribution in [0.2, 0.25) is 0 Å². The molecule has 4 atom stereocenters. The van der Waals surface area contributed by atoms with Crippen LogP contribution in [0.4, 0.5) is 0 Å². The Bertz CT molecular complexity index is 631. The molecule has 3 aliphatic rings. The Labute approximate surface area is 161 Å². The summed E-state index contributed by atoms with van der Waals surface area (Å²) in [6.45, 7) is 1.58. The molecule has 3 aliphatic carbocycles. The van der Waals surface area contributed by atoms with E-state index < -0.39 is 11.6 Å². The molecule has 0 aromatic rings. The van der Waals surface area contributed by atoms with E-state index in [1.807, 2.05) is 0 Å². The summed E-state index contributed by atoms with van der Waals surface area (Å²) in [6, 6.07) is 2.33. The normalized spacial score (nSPS) is 30.7. The van der Waals surface area contributed by atoms with E-state index in [9.17, 15) is 19.6 Å². The minimum Gasteiger partial charge on any atom is -0.452 e. The van der Waals surface area contributed by atoms with E-state index in [2.05, 4.69) is 6.07 Å². The Morgan fingerprint density at radius 2 is 1.74 bits per heavy atom. The summed E-state index contributed by atoms with van der Waals surface area (Å²) in [5.74, 6) is -0.719. The lowest BCUT2D eigenvalue weighted by Gasteiger charge is -2.40. The number of hydrogen-bond donors (Lipinski definition) is 0. The van der Waals surface area contributed by atoms with E-state index in [0.717, 1.165) is 38.5 Å². The standard InChI is InChI=1S/C21H30N2O4/c1-14(19(25)23(2)21(13-22)9-4-3-5-10-21)27-20(26)17-11-15-7-6-8-16(12-17)18(15)24/h14-17H,3-12H2,1-2H3/t14-,15-,16+,17?/m1/s1. The smallest absolute Gasteiger partial charge is 0.309 e. The number of Topliss-reactive ketones (excluding diaryl/α,β-unsaturated/α-hetero) is 1. The minimum atomic E-state index is -0.910. The number of carbonyl (C=O) groups is 3. The van der Waals surface area contributed by atoms with Crippen LogP contribution >= 0.6 is 0 Å². The van der Waals surface area contributed by atoms with Crippen molar-refractivity contribution < 1.29 is 19.1 Å². The van der Waals surface area contributed by atoms with Crippen LogP contribution in [0.25, 0.3) is 0 Å². The Morgan fingerprint density at radius 3 is 2.30 bits per heavy atom. The van der Waals surface area contributed by atoms with Gasteiger partial charge in [-0.3, -0.25) is 14.4 Å². The SMILES string of the molecule is C[C@@H](OC(=O)C1C[C@H]2CCC[C@@H](C1)C2=O)C(=O)N(C)C1(C#N)CCCCC1. The van der Waals surface area contributed by atoms with Gasteiger partial charge in [-0.05, 0) is 45.4 Å². The zero-order valence-electron chi connectivity index (χ0n) is 16.4. The number of amides is 1. The quantitative estimate of drug-likeness (QED) is 0.706. The minimum absolute atomic E-state index is 0.0205. The second kappa shape index (κ2) is 8.00. The Balaban J connectivity index is 1.60. The van der Waals surface area contributed by atoms with Crippen molar-refractivity contribution in [2.24, 2.45) is 17.8 Å². The van der Waals surface area contributed by atoms with Gasteiger partial charge in [0, 0.05) is 18.9 Å². The Morgan fingerprint density at radius 1 is 1.15 bits per heavy atom. The molecule has 148 valence electrons. The molecule has 0 heterocycles. The van der Waals surface area contributed by atoms with Gasteiger partial charge < -0.3 is 9.64 Å². The van der Waals surface area contributed by atoms with E-state index in [1.165, 1.54) is 4.90 Å². The van der Waals surface area contributed by atoms with Gasteiger partial charge in [0.2, 0.25) is 0 Å². The lowest BCUT2D eigenvalue weighted by atomic mass is 9.67. The Kier molecular flexibility index (Phi) is 5.88. The van der Waals surface area contributed by atoms with E-state index in [4.69, 9.17) is 4.74 Å². The van der Waals surface area contributed by atoms with Crippen LogP contribution in [0.5, 0.6) is 0 Å². The number of nitrogens with zero attached hydrogens (tertiary/aromatic N) is 2. The average Bonchev–Trinajstić information content (AvgIpc) is 2.67. The first-order valence-electron chi connectivity index (χ1n) is 10.3.